The number of hydrogen-bond acceptors (Lipinski definition) is 3. The highest BCUT2D eigenvalue weighted by Gasteiger charge is 2.25. The second kappa shape index (κ2) is 7.87. The molecule has 2 amide bonds. The van der Waals surface area contributed by atoms with Gasteiger partial charge in [-0.3, -0.25) is 14.4 Å². The standard InChI is InChI=1S/C14H26N2O4/c1-9(7-6-8-11(17)18)15-12(19)10(2)16-13(20)14(3,4)5/h9-10H,6-8H2,1-5H3,(H,15,19)(H,16,20)(H,17,18). The summed E-state index contributed by atoms with van der Waals surface area (Å²) in [6, 6.07) is -0.723. The minimum absolute atomic E-state index is 0.0938. The van der Waals surface area contributed by atoms with Crippen LogP contribution < -0.4 is 10.6 Å². The molecule has 0 aromatic carbocycles. The second-order valence-corrected chi connectivity index (χ2v) is 6.14. The Morgan fingerprint density at radius 1 is 1.10 bits per heavy atom. The minimum atomic E-state index is -0.839. The molecule has 0 aromatic heterocycles. The summed E-state index contributed by atoms with van der Waals surface area (Å²) >= 11 is 0. The van der Waals surface area contributed by atoms with Crippen LogP contribution in [0.2, 0.25) is 0 Å². The predicted molar refractivity (Wildman–Crippen MR) is 76.2 cm³/mol. The van der Waals surface area contributed by atoms with Crippen LogP contribution in [-0.4, -0.2) is 35.0 Å². The second-order valence-electron chi connectivity index (χ2n) is 6.14. The van der Waals surface area contributed by atoms with Gasteiger partial charge in [-0.15, -0.1) is 0 Å². The number of rotatable bonds is 7. The first-order chi connectivity index (χ1) is 9.04. The summed E-state index contributed by atoms with van der Waals surface area (Å²) in [4.78, 5) is 34.0. The van der Waals surface area contributed by atoms with Crippen molar-refractivity contribution < 1.29 is 19.5 Å². The molecule has 0 rings (SSSR count). The van der Waals surface area contributed by atoms with Crippen LogP contribution in [0.3, 0.4) is 0 Å². The highest BCUT2D eigenvalue weighted by Crippen LogP contribution is 2.12. The quantitative estimate of drug-likeness (QED) is 0.657. The number of carboxylic acids is 1. The number of carbonyl (C=O) groups is 3. The van der Waals surface area contributed by atoms with E-state index < -0.39 is 17.4 Å². The Balaban J connectivity index is 4.13. The van der Waals surface area contributed by atoms with Crippen LogP contribution in [0.15, 0.2) is 0 Å². The Morgan fingerprint density at radius 3 is 2.10 bits per heavy atom. The van der Waals surface area contributed by atoms with Gasteiger partial charge in [-0.2, -0.15) is 0 Å². The van der Waals surface area contributed by atoms with Gasteiger partial charge in [0.05, 0.1) is 0 Å². The first-order valence-electron chi connectivity index (χ1n) is 6.87. The molecule has 2 unspecified atom stereocenters. The number of carboxylic acid groups (broad SMARTS) is 1. The van der Waals surface area contributed by atoms with Gasteiger partial charge in [0.25, 0.3) is 0 Å². The van der Waals surface area contributed by atoms with Crippen molar-refractivity contribution in [2.75, 3.05) is 0 Å². The zero-order valence-electron chi connectivity index (χ0n) is 12.9. The maximum absolute atomic E-state index is 11.9. The molecule has 0 saturated heterocycles. The first-order valence-corrected chi connectivity index (χ1v) is 6.87. The molecule has 3 N–H and O–H groups in total. The molecule has 0 aliphatic heterocycles. The van der Waals surface area contributed by atoms with Crippen LogP contribution in [0.25, 0.3) is 0 Å². The van der Waals surface area contributed by atoms with E-state index in [0.717, 1.165) is 0 Å². The number of aliphatic carboxylic acids is 1. The monoisotopic (exact) mass is 286 g/mol. The molecule has 0 aliphatic rings. The zero-order valence-corrected chi connectivity index (χ0v) is 12.9. The topological polar surface area (TPSA) is 95.5 Å². The van der Waals surface area contributed by atoms with Crippen LogP contribution >= 0.6 is 0 Å². The van der Waals surface area contributed by atoms with Crippen molar-refractivity contribution in [1.29, 1.82) is 0 Å². The normalized spacial score (nSPS) is 14.2. The Bertz CT molecular complexity index is 361. The van der Waals surface area contributed by atoms with E-state index in [0.29, 0.717) is 12.8 Å². The Labute approximate surface area is 120 Å². The fourth-order valence-electron chi connectivity index (χ4n) is 1.48. The number of hydrogen-bond donors (Lipinski definition) is 3. The van der Waals surface area contributed by atoms with Gasteiger partial charge in [-0.05, 0) is 26.7 Å². The average molecular weight is 286 g/mol. The van der Waals surface area contributed by atoms with Crippen LogP contribution in [0.4, 0.5) is 0 Å². The Kier molecular flexibility index (Phi) is 7.24. The van der Waals surface area contributed by atoms with Crippen molar-refractivity contribution in [2.45, 2.75) is 66.0 Å². The van der Waals surface area contributed by atoms with Crippen LogP contribution in [0.1, 0.15) is 53.9 Å². The highest BCUT2D eigenvalue weighted by molar-refractivity contribution is 5.89. The van der Waals surface area contributed by atoms with Gasteiger partial charge >= 0.3 is 5.97 Å². The lowest BCUT2D eigenvalue weighted by atomic mass is 9.95. The smallest absolute Gasteiger partial charge is 0.303 e. The summed E-state index contributed by atoms with van der Waals surface area (Å²) in [5, 5.41) is 14.0. The lowest BCUT2D eigenvalue weighted by molar-refractivity contribution is -0.137. The van der Waals surface area contributed by atoms with E-state index in [2.05, 4.69) is 10.6 Å². The fourth-order valence-corrected chi connectivity index (χ4v) is 1.48. The van der Waals surface area contributed by atoms with Gasteiger partial charge in [0.2, 0.25) is 11.8 Å². The van der Waals surface area contributed by atoms with Crippen molar-refractivity contribution in [3.05, 3.63) is 0 Å². The lowest BCUT2D eigenvalue weighted by Crippen LogP contribution is -2.50. The summed E-state index contributed by atoms with van der Waals surface area (Å²) in [6.07, 6.45) is 1.20. The molecular weight excluding hydrogens is 260 g/mol. The van der Waals surface area contributed by atoms with Crippen molar-refractivity contribution in [1.82, 2.24) is 10.6 Å². The maximum Gasteiger partial charge on any atom is 0.303 e. The molecule has 116 valence electrons. The Morgan fingerprint density at radius 2 is 1.65 bits per heavy atom. The molecule has 20 heavy (non-hydrogen) atoms. The van der Waals surface area contributed by atoms with Gasteiger partial charge < -0.3 is 15.7 Å². The van der Waals surface area contributed by atoms with E-state index in [1.54, 1.807) is 27.7 Å². The molecule has 0 aromatic rings. The van der Waals surface area contributed by atoms with E-state index in [-0.39, 0.29) is 24.3 Å². The molecule has 0 heterocycles. The predicted octanol–water partition coefficient (Wildman–Crippen LogP) is 1.30. The molecule has 0 saturated carbocycles. The summed E-state index contributed by atoms with van der Waals surface area (Å²) < 4.78 is 0. The third-order valence-electron chi connectivity index (χ3n) is 2.84. The van der Waals surface area contributed by atoms with Gasteiger partial charge in [0, 0.05) is 17.9 Å². The minimum Gasteiger partial charge on any atom is -0.481 e. The number of carbonyl (C=O) groups excluding carboxylic acids is 2. The number of nitrogens with one attached hydrogen (secondary N) is 2. The molecule has 6 heteroatoms. The fraction of sp³-hybridized carbons (Fsp3) is 0.786. The van der Waals surface area contributed by atoms with E-state index in [1.807, 2.05) is 6.92 Å². The molecule has 0 fully saturated rings. The highest BCUT2D eigenvalue weighted by atomic mass is 16.4. The van der Waals surface area contributed by atoms with Crippen molar-refractivity contribution in [3.8, 4) is 0 Å². The van der Waals surface area contributed by atoms with Crippen molar-refractivity contribution >= 4 is 17.8 Å². The first kappa shape index (κ1) is 18.4. The zero-order chi connectivity index (χ0) is 15.9. The van der Waals surface area contributed by atoms with Crippen LogP contribution in [0.5, 0.6) is 0 Å². The molecule has 0 aliphatic carbocycles. The van der Waals surface area contributed by atoms with Crippen LogP contribution in [0, 0.1) is 5.41 Å². The molecule has 0 spiro atoms. The summed E-state index contributed by atoms with van der Waals surface area (Å²) in [5.41, 5.74) is -0.540. The Hall–Kier alpha value is -1.59. The summed E-state index contributed by atoms with van der Waals surface area (Å²) in [5.74, 6) is -1.28. The van der Waals surface area contributed by atoms with Gasteiger partial charge in [0.15, 0.2) is 0 Å². The molecule has 0 bridgehead atoms. The van der Waals surface area contributed by atoms with E-state index >= 15 is 0 Å². The molecule has 6 nitrogen and oxygen atoms in total. The number of amides is 2. The van der Waals surface area contributed by atoms with Crippen molar-refractivity contribution in [3.63, 3.8) is 0 Å². The SMILES string of the molecule is CC(CCCC(=O)O)NC(=O)C(C)NC(=O)C(C)(C)C. The third kappa shape index (κ3) is 7.76. The third-order valence-corrected chi connectivity index (χ3v) is 2.84. The van der Waals surface area contributed by atoms with E-state index in [1.165, 1.54) is 0 Å². The maximum atomic E-state index is 11.9. The van der Waals surface area contributed by atoms with Crippen LogP contribution in [-0.2, 0) is 14.4 Å². The lowest BCUT2D eigenvalue weighted by Gasteiger charge is -2.23. The summed E-state index contributed by atoms with van der Waals surface area (Å²) in [6.45, 7) is 8.78. The van der Waals surface area contributed by atoms with Gasteiger partial charge in [0.1, 0.15) is 6.04 Å². The van der Waals surface area contributed by atoms with Gasteiger partial charge in [-0.1, -0.05) is 20.8 Å². The molecular formula is C14H26N2O4. The van der Waals surface area contributed by atoms with E-state index in [9.17, 15) is 14.4 Å². The van der Waals surface area contributed by atoms with Gasteiger partial charge in [-0.25, -0.2) is 0 Å². The molecule has 0 radical (unpaired) electrons. The largest absolute Gasteiger partial charge is 0.481 e. The molecule has 2 atom stereocenters. The average Bonchev–Trinajstić information content (AvgIpc) is 2.26. The van der Waals surface area contributed by atoms with Crippen molar-refractivity contribution in [2.24, 2.45) is 5.41 Å². The summed E-state index contributed by atoms with van der Waals surface area (Å²) in [7, 11) is 0. The van der Waals surface area contributed by atoms with E-state index in [4.69, 9.17) is 5.11 Å².